The number of ether oxygens (including phenoxy) is 2. The molecule has 3 aromatic rings. The summed E-state index contributed by atoms with van der Waals surface area (Å²) in [5.41, 5.74) is 6.56. The van der Waals surface area contributed by atoms with Crippen LogP contribution in [0.1, 0.15) is 35.1 Å². The summed E-state index contributed by atoms with van der Waals surface area (Å²) < 4.78 is 11.3. The number of thiophene rings is 1. The van der Waals surface area contributed by atoms with Gasteiger partial charge in [0.2, 0.25) is 0 Å². The second-order valence-electron chi connectivity index (χ2n) is 7.33. The van der Waals surface area contributed by atoms with Gasteiger partial charge in [-0.3, -0.25) is 25.8 Å². The second-order valence-corrected chi connectivity index (χ2v) is 8.96. The van der Waals surface area contributed by atoms with Crippen molar-refractivity contribution < 1.29 is 24.0 Å². The van der Waals surface area contributed by atoms with Crippen LogP contribution in [0.25, 0.3) is 11.1 Å². The smallest absolute Gasteiger partial charge is 0.350 e. The van der Waals surface area contributed by atoms with Crippen LogP contribution in [-0.2, 0) is 9.53 Å². The Balaban J connectivity index is 1.74. The van der Waals surface area contributed by atoms with Gasteiger partial charge in [0.15, 0.2) is 5.11 Å². The number of aromatic nitrogens is 2. The zero-order valence-electron chi connectivity index (χ0n) is 19.9. The predicted octanol–water partition coefficient (Wildman–Crippen LogP) is 3.59. The lowest BCUT2D eigenvalue weighted by molar-refractivity contribution is -0.385. The molecule has 1 aromatic carbocycles. The molecule has 0 saturated carbocycles. The molecule has 36 heavy (non-hydrogen) atoms. The van der Waals surface area contributed by atoms with Gasteiger partial charge in [-0.05, 0) is 38.6 Å². The lowest BCUT2D eigenvalue weighted by atomic mass is 10.0. The Morgan fingerprint density at radius 3 is 2.56 bits per heavy atom. The van der Waals surface area contributed by atoms with Crippen molar-refractivity contribution in [2.45, 2.75) is 26.8 Å². The molecule has 3 N–H and O–H groups in total. The molecule has 0 aliphatic carbocycles. The van der Waals surface area contributed by atoms with E-state index in [4.69, 9.17) is 21.7 Å². The van der Waals surface area contributed by atoms with Gasteiger partial charge in [-0.15, -0.1) is 16.4 Å². The molecule has 0 bridgehead atoms. The quantitative estimate of drug-likeness (QED) is 0.170. The third kappa shape index (κ3) is 5.78. The van der Waals surface area contributed by atoms with Crippen LogP contribution in [0.3, 0.4) is 0 Å². The maximum Gasteiger partial charge on any atom is 0.350 e. The van der Waals surface area contributed by atoms with Gasteiger partial charge in [-0.25, -0.2) is 9.48 Å². The first kappa shape index (κ1) is 26.6. The van der Waals surface area contributed by atoms with E-state index in [-0.39, 0.29) is 23.3 Å². The van der Waals surface area contributed by atoms with E-state index >= 15 is 0 Å². The Labute approximate surface area is 215 Å². The van der Waals surface area contributed by atoms with Gasteiger partial charge in [0.25, 0.3) is 5.91 Å². The molecule has 12 nitrogen and oxygen atoms in total. The SMILES string of the molecule is CCOC(=O)c1c(NC(=S)NNC(=O)[C@H](C)n2cc([N+](=O)[O-])c(OC)n2)sc(C)c1-c1ccccc1. The average Bonchev–Trinajstić information content (AvgIpc) is 3.43. The minimum absolute atomic E-state index is 0.0194. The number of anilines is 1. The van der Waals surface area contributed by atoms with Gasteiger partial charge in [-0.2, -0.15) is 0 Å². The van der Waals surface area contributed by atoms with Crippen molar-refractivity contribution >= 4 is 51.2 Å². The zero-order chi connectivity index (χ0) is 26.4. The van der Waals surface area contributed by atoms with Crippen LogP contribution in [0.4, 0.5) is 10.7 Å². The molecule has 0 radical (unpaired) electrons. The lowest BCUT2D eigenvalue weighted by Gasteiger charge is -2.15. The molecule has 0 fully saturated rings. The zero-order valence-corrected chi connectivity index (χ0v) is 21.5. The summed E-state index contributed by atoms with van der Waals surface area (Å²) >= 11 is 6.62. The fourth-order valence-electron chi connectivity index (χ4n) is 3.29. The minimum atomic E-state index is -0.924. The molecule has 3 rings (SSSR count). The summed E-state index contributed by atoms with van der Waals surface area (Å²) in [6.07, 6.45) is 1.10. The Morgan fingerprint density at radius 1 is 1.28 bits per heavy atom. The molecule has 0 spiro atoms. The fourth-order valence-corrected chi connectivity index (χ4v) is 4.58. The number of esters is 1. The Kier molecular flexibility index (Phi) is 8.55. The topological polar surface area (TPSA) is 150 Å². The van der Waals surface area contributed by atoms with Gasteiger partial charge in [0.05, 0.1) is 18.6 Å². The number of benzene rings is 1. The van der Waals surface area contributed by atoms with Crippen molar-refractivity contribution in [3.05, 3.63) is 57.1 Å². The number of nitrogens with one attached hydrogen (secondary N) is 3. The number of nitro groups is 1. The molecule has 1 atom stereocenters. The highest BCUT2D eigenvalue weighted by Gasteiger charge is 2.27. The fraction of sp³-hybridized carbons (Fsp3) is 0.273. The predicted molar refractivity (Wildman–Crippen MR) is 138 cm³/mol. The van der Waals surface area contributed by atoms with Crippen molar-refractivity contribution in [2.75, 3.05) is 19.0 Å². The molecule has 0 aliphatic heterocycles. The van der Waals surface area contributed by atoms with Crippen LogP contribution in [0.2, 0.25) is 0 Å². The number of hydrogen-bond acceptors (Lipinski definition) is 9. The number of nitrogens with zero attached hydrogens (tertiary/aromatic N) is 3. The maximum absolute atomic E-state index is 12.8. The minimum Gasteiger partial charge on any atom is -0.475 e. The molecular weight excluding hydrogens is 508 g/mol. The average molecular weight is 533 g/mol. The Hall–Kier alpha value is -4.04. The standard InChI is InChI=1S/C22H24N6O6S2/c1-5-34-21(30)17-16(14-9-7-6-8-10-14)13(3)36-20(17)23-22(35)25-24-18(29)12(2)27-11-15(28(31)32)19(26-27)33-4/h6-12H,5H2,1-4H3,(H,24,29)(H2,23,25,35)/t12-/m0/s1. The summed E-state index contributed by atoms with van der Waals surface area (Å²) in [6, 6.07) is 8.51. The number of aryl methyl sites for hydroxylation is 1. The van der Waals surface area contributed by atoms with E-state index in [1.165, 1.54) is 25.4 Å². The number of thiocarbonyl (C=S) groups is 1. The molecule has 190 valence electrons. The molecule has 2 aromatic heterocycles. The van der Waals surface area contributed by atoms with Crippen LogP contribution >= 0.6 is 23.6 Å². The number of rotatable bonds is 8. The van der Waals surface area contributed by atoms with Crippen LogP contribution in [0.15, 0.2) is 36.5 Å². The molecule has 0 aliphatic rings. The van der Waals surface area contributed by atoms with Crippen molar-refractivity contribution in [2.24, 2.45) is 0 Å². The summed E-state index contributed by atoms with van der Waals surface area (Å²) in [6.45, 7) is 5.31. The largest absolute Gasteiger partial charge is 0.475 e. The van der Waals surface area contributed by atoms with Crippen molar-refractivity contribution in [1.82, 2.24) is 20.6 Å². The molecule has 2 heterocycles. The van der Waals surface area contributed by atoms with E-state index in [0.29, 0.717) is 10.6 Å². The summed E-state index contributed by atoms with van der Waals surface area (Å²) in [5.74, 6) is -1.28. The number of carbonyl (C=O) groups is 2. The first-order valence-corrected chi connectivity index (χ1v) is 11.9. The third-order valence-electron chi connectivity index (χ3n) is 5.00. The number of carbonyl (C=O) groups excluding carboxylic acids is 2. The monoisotopic (exact) mass is 532 g/mol. The highest BCUT2D eigenvalue weighted by molar-refractivity contribution is 7.80. The highest BCUT2D eigenvalue weighted by Crippen LogP contribution is 2.40. The van der Waals surface area contributed by atoms with Gasteiger partial charge < -0.3 is 14.8 Å². The number of amides is 1. The van der Waals surface area contributed by atoms with Crippen molar-refractivity contribution in [3.63, 3.8) is 0 Å². The van der Waals surface area contributed by atoms with Gasteiger partial charge in [0, 0.05) is 10.4 Å². The number of methoxy groups -OCH3 is 1. The number of hydrogen-bond donors (Lipinski definition) is 3. The van der Waals surface area contributed by atoms with E-state index in [2.05, 4.69) is 21.3 Å². The molecule has 0 saturated heterocycles. The Morgan fingerprint density at radius 2 is 1.97 bits per heavy atom. The molecule has 1 amide bonds. The third-order valence-corrected chi connectivity index (χ3v) is 6.22. The van der Waals surface area contributed by atoms with Crippen LogP contribution in [0.5, 0.6) is 5.88 Å². The van der Waals surface area contributed by atoms with E-state index in [1.54, 1.807) is 6.92 Å². The van der Waals surface area contributed by atoms with Crippen LogP contribution < -0.4 is 20.9 Å². The van der Waals surface area contributed by atoms with Gasteiger partial charge >= 0.3 is 17.5 Å². The van der Waals surface area contributed by atoms with E-state index in [1.807, 2.05) is 37.3 Å². The summed E-state index contributed by atoms with van der Waals surface area (Å²) in [7, 11) is 1.25. The number of hydrazine groups is 1. The molecule has 14 heteroatoms. The van der Waals surface area contributed by atoms with Crippen molar-refractivity contribution in [1.29, 1.82) is 0 Å². The van der Waals surface area contributed by atoms with Gasteiger partial charge in [0.1, 0.15) is 22.8 Å². The molecule has 0 unspecified atom stereocenters. The lowest BCUT2D eigenvalue weighted by Crippen LogP contribution is -2.46. The van der Waals surface area contributed by atoms with Crippen LogP contribution in [0, 0.1) is 17.0 Å². The summed E-state index contributed by atoms with van der Waals surface area (Å²) in [5, 5.41) is 18.4. The van der Waals surface area contributed by atoms with E-state index in [0.717, 1.165) is 26.9 Å². The maximum atomic E-state index is 12.8. The first-order valence-electron chi connectivity index (χ1n) is 10.7. The van der Waals surface area contributed by atoms with E-state index < -0.39 is 22.8 Å². The van der Waals surface area contributed by atoms with E-state index in [9.17, 15) is 19.7 Å². The van der Waals surface area contributed by atoms with Gasteiger partial charge in [-0.1, -0.05) is 30.3 Å². The normalized spacial score (nSPS) is 11.3. The summed E-state index contributed by atoms with van der Waals surface area (Å²) in [4.78, 5) is 36.7. The molecular formula is C22H24N6O6S2. The second kappa shape index (κ2) is 11.6. The Bertz CT molecular complexity index is 1290. The highest BCUT2D eigenvalue weighted by atomic mass is 32.1. The van der Waals surface area contributed by atoms with Crippen LogP contribution in [-0.4, -0.2) is 45.4 Å². The van der Waals surface area contributed by atoms with Crippen molar-refractivity contribution in [3.8, 4) is 17.0 Å². The first-order chi connectivity index (χ1) is 17.2.